The number of aromatic amines is 1. The number of benzene rings is 1. The van der Waals surface area contributed by atoms with Crippen LogP contribution in [0.15, 0.2) is 29.3 Å². The van der Waals surface area contributed by atoms with Gasteiger partial charge in [-0.05, 0) is 24.0 Å². The lowest BCUT2D eigenvalue weighted by Gasteiger charge is -2.01. The molecule has 0 saturated carbocycles. The predicted molar refractivity (Wildman–Crippen MR) is 59.7 cm³/mol. The molecule has 1 aromatic heterocycles. The Bertz CT molecular complexity index is 422. The van der Waals surface area contributed by atoms with Gasteiger partial charge < -0.3 is 4.98 Å². The molecule has 0 radical (unpaired) electrons. The van der Waals surface area contributed by atoms with E-state index < -0.39 is 0 Å². The molecule has 3 heteroatoms. The summed E-state index contributed by atoms with van der Waals surface area (Å²) in [4.78, 5) is 4.30. The van der Waals surface area contributed by atoms with Crippen molar-refractivity contribution in [3.8, 4) is 0 Å². The van der Waals surface area contributed by atoms with Gasteiger partial charge in [-0.25, -0.2) is 0 Å². The Morgan fingerprint density at radius 2 is 2.31 bits per heavy atom. The first-order valence-corrected chi connectivity index (χ1v) is 5.57. The van der Waals surface area contributed by atoms with E-state index in [0.717, 1.165) is 21.2 Å². The third kappa shape index (κ3) is 1.69. The third-order valence-electron chi connectivity index (χ3n) is 1.91. The molecule has 1 heterocycles. The molecule has 0 aliphatic heterocycles. The van der Waals surface area contributed by atoms with Gasteiger partial charge in [-0.1, -0.05) is 18.5 Å². The first-order chi connectivity index (χ1) is 6.31. The van der Waals surface area contributed by atoms with Crippen molar-refractivity contribution in [1.29, 1.82) is 0 Å². The number of nitrogens with one attached hydrogen (secondary N) is 1. The Labute approximate surface area is 86.5 Å². The first-order valence-electron chi connectivity index (χ1n) is 4.20. The van der Waals surface area contributed by atoms with Crippen molar-refractivity contribution in [1.82, 2.24) is 4.98 Å². The van der Waals surface area contributed by atoms with E-state index in [1.165, 1.54) is 5.39 Å². The Hall–Kier alpha value is -0.600. The summed E-state index contributed by atoms with van der Waals surface area (Å²) in [5.74, 6) is 1.05. The number of aromatic nitrogens is 1. The highest BCUT2D eigenvalue weighted by Crippen LogP contribution is 2.30. The molecule has 0 unspecified atom stereocenters. The van der Waals surface area contributed by atoms with Gasteiger partial charge in [0, 0.05) is 22.0 Å². The zero-order valence-electron chi connectivity index (χ0n) is 7.30. The molecule has 1 nitrogen and oxygen atoms in total. The van der Waals surface area contributed by atoms with Crippen LogP contribution in [0.25, 0.3) is 10.9 Å². The molecule has 0 atom stereocenters. The molecule has 0 saturated heterocycles. The lowest BCUT2D eigenvalue weighted by Crippen LogP contribution is -1.76. The summed E-state index contributed by atoms with van der Waals surface area (Å²) in [5.41, 5.74) is 1.10. The number of rotatable bonds is 2. The quantitative estimate of drug-likeness (QED) is 0.745. The number of hydrogen-bond acceptors (Lipinski definition) is 1. The van der Waals surface area contributed by atoms with E-state index in [4.69, 9.17) is 11.6 Å². The number of hydrogen-bond donors (Lipinski definition) is 1. The van der Waals surface area contributed by atoms with Crippen molar-refractivity contribution in [2.75, 3.05) is 5.75 Å². The molecule has 2 aromatic rings. The van der Waals surface area contributed by atoms with Crippen LogP contribution in [0, 0.1) is 0 Å². The Kier molecular flexibility index (Phi) is 2.51. The fourth-order valence-electron chi connectivity index (χ4n) is 1.32. The molecule has 0 bridgehead atoms. The van der Waals surface area contributed by atoms with Crippen LogP contribution >= 0.6 is 23.4 Å². The highest BCUT2D eigenvalue weighted by molar-refractivity contribution is 7.99. The molecular formula is C10H10ClNS. The van der Waals surface area contributed by atoms with Crippen molar-refractivity contribution in [2.24, 2.45) is 0 Å². The van der Waals surface area contributed by atoms with Crippen LogP contribution in [-0.4, -0.2) is 10.7 Å². The van der Waals surface area contributed by atoms with Gasteiger partial charge in [-0.15, -0.1) is 11.8 Å². The largest absolute Gasteiger partial charge is 0.361 e. The van der Waals surface area contributed by atoms with Crippen molar-refractivity contribution in [3.05, 3.63) is 29.4 Å². The van der Waals surface area contributed by atoms with Crippen molar-refractivity contribution >= 4 is 34.3 Å². The second-order valence-corrected chi connectivity index (χ2v) is 4.49. The maximum Gasteiger partial charge on any atom is 0.0562 e. The number of H-pyrrole nitrogens is 1. The molecule has 2 rings (SSSR count). The minimum atomic E-state index is 0.835. The molecule has 1 N–H and O–H groups in total. The minimum absolute atomic E-state index is 0.835. The van der Waals surface area contributed by atoms with E-state index in [0.29, 0.717) is 0 Å². The van der Waals surface area contributed by atoms with Crippen LogP contribution in [0.3, 0.4) is 0 Å². The Morgan fingerprint density at radius 1 is 1.46 bits per heavy atom. The van der Waals surface area contributed by atoms with Gasteiger partial charge in [0.1, 0.15) is 0 Å². The summed E-state index contributed by atoms with van der Waals surface area (Å²) in [7, 11) is 0. The smallest absolute Gasteiger partial charge is 0.0562 e. The van der Waals surface area contributed by atoms with E-state index in [9.17, 15) is 0 Å². The highest BCUT2D eigenvalue weighted by Gasteiger charge is 2.02. The first kappa shape index (κ1) is 8.97. The van der Waals surface area contributed by atoms with Crippen molar-refractivity contribution in [3.63, 3.8) is 0 Å². The van der Waals surface area contributed by atoms with E-state index in [2.05, 4.69) is 24.0 Å². The third-order valence-corrected chi connectivity index (χ3v) is 3.27. The number of thioether (sulfide) groups is 1. The van der Waals surface area contributed by atoms with Crippen LogP contribution in [0.4, 0.5) is 0 Å². The zero-order chi connectivity index (χ0) is 9.26. The SMILES string of the molecule is CCSc1cc2cc[nH]c2cc1Cl. The van der Waals surface area contributed by atoms with Gasteiger partial charge in [-0.2, -0.15) is 0 Å². The summed E-state index contributed by atoms with van der Waals surface area (Å²) in [6.07, 6.45) is 1.93. The van der Waals surface area contributed by atoms with E-state index in [1.807, 2.05) is 12.3 Å². The maximum atomic E-state index is 6.10. The van der Waals surface area contributed by atoms with Gasteiger partial charge in [0.05, 0.1) is 5.02 Å². The molecule has 0 amide bonds. The maximum absolute atomic E-state index is 6.10. The predicted octanol–water partition coefficient (Wildman–Crippen LogP) is 3.93. The van der Waals surface area contributed by atoms with Crippen LogP contribution in [0.2, 0.25) is 5.02 Å². The molecule has 68 valence electrons. The summed E-state index contributed by atoms with van der Waals surface area (Å²) in [6, 6.07) is 6.17. The second kappa shape index (κ2) is 3.64. The van der Waals surface area contributed by atoms with Crippen LogP contribution in [-0.2, 0) is 0 Å². The van der Waals surface area contributed by atoms with Gasteiger partial charge in [0.25, 0.3) is 0 Å². The molecule has 13 heavy (non-hydrogen) atoms. The van der Waals surface area contributed by atoms with E-state index in [-0.39, 0.29) is 0 Å². The second-order valence-electron chi connectivity index (χ2n) is 2.78. The lowest BCUT2D eigenvalue weighted by atomic mass is 10.2. The average molecular weight is 212 g/mol. The van der Waals surface area contributed by atoms with Gasteiger partial charge in [-0.3, -0.25) is 0 Å². The molecular weight excluding hydrogens is 202 g/mol. The standard InChI is InChI=1S/C10H10ClNS/c1-2-13-10-5-7-3-4-12-9(7)6-8(10)11/h3-6,12H,2H2,1H3. The average Bonchev–Trinajstić information content (AvgIpc) is 2.52. The summed E-state index contributed by atoms with van der Waals surface area (Å²) >= 11 is 7.87. The number of fused-ring (bicyclic) bond motifs is 1. The van der Waals surface area contributed by atoms with Crippen molar-refractivity contribution in [2.45, 2.75) is 11.8 Å². The highest BCUT2D eigenvalue weighted by atomic mass is 35.5. The topological polar surface area (TPSA) is 15.8 Å². The van der Waals surface area contributed by atoms with Crippen LogP contribution in [0.5, 0.6) is 0 Å². The van der Waals surface area contributed by atoms with E-state index >= 15 is 0 Å². The van der Waals surface area contributed by atoms with Gasteiger partial charge >= 0.3 is 0 Å². The molecule has 0 aliphatic rings. The van der Waals surface area contributed by atoms with Gasteiger partial charge in [0.2, 0.25) is 0 Å². The zero-order valence-corrected chi connectivity index (χ0v) is 8.88. The summed E-state index contributed by atoms with van der Waals surface area (Å²) < 4.78 is 0. The minimum Gasteiger partial charge on any atom is -0.361 e. The Morgan fingerprint density at radius 3 is 3.08 bits per heavy atom. The molecule has 0 fully saturated rings. The normalized spacial score (nSPS) is 10.9. The van der Waals surface area contributed by atoms with Crippen LogP contribution < -0.4 is 0 Å². The van der Waals surface area contributed by atoms with Crippen molar-refractivity contribution < 1.29 is 0 Å². The fourth-order valence-corrected chi connectivity index (χ4v) is 2.36. The lowest BCUT2D eigenvalue weighted by molar-refractivity contribution is 1.43. The molecule has 0 aliphatic carbocycles. The summed E-state index contributed by atoms with van der Waals surface area (Å²) in [6.45, 7) is 2.13. The Balaban J connectivity index is 2.56. The fraction of sp³-hybridized carbons (Fsp3) is 0.200. The number of halogens is 1. The molecule has 0 spiro atoms. The summed E-state index contributed by atoms with van der Waals surface area (Å²) in [5, 5.41) is 2.06. The van der Waals surface area contributed by atoms with Gasteiger partial charge in [0.15, 0.2) is 0 Å². The molecule has 1 aromatic carbocycles. The van der Waals surface area contributed by atoms with E-state index in [1.54, 1.807) is 11.8 Å². The monoisotopic (exact) mass is 211 g/mol. The van der Waals surface area contributed by atoms with Crippen LogP contribution in [0.1, 0.15) is 6.92 Å².